The molecule has 1 aromatic heterocycles. The van der Waals surface area contributed by atoms with Gasteiger partial charge in [-0.15, -0.1) is 0 Å². The van der Waals surface area contributed by atoms with Crippen LogP contribution in [0.4, 0.5) is 0 Å². The molecule has 7 nitrogen and oxygen atoms in total. The first-order valence-corrected chi connectivity index (χ1v) is 6.70. The fourth-order valence-electron chi connectivity index (χ4n) is 2.39. The number of amides is 1. The summed E-state index contributed by atoms with van der Waals surface area (Å²) in [6, 6.07) is 1.62. The lowest BCUT2D eigenvalue weighted by molar-refractivity contribution is -0.140. The van der Waals surface area contributed by atoms with E-state index in [1.165, 1.54) is 0 Å². The third-order valence-electron chi connectivity index (χ3n) is 3.39. The summed E-state index contributed by atoms with van der Waals surface area (Å²) >= 11 is 0. The van der Waals surface area contributed by atoms with Crippen LogP contribution in [-0.4, -0.2) is 45.5 Å². The minimum absolute atomic E-state index is 0.146. The summed E-state index contributed by atoms with van der Waals surface area (Å²) in [6.07, 6.45) is 2.90. The van der Waals surface area contributed by atoms with Gasteiger partial charge in [0.25, 0.3) is 5.91 Å². The number of nitrogens with zero attached hydrogens (tertiary/aromatic N) is 2. The summed E-state index contributed by atoms with van der Waals surface area (Å²) in [6.45, 7) is 3.42. The highest BCUT2D eigenvalue weighted by Gasteiger charge is 2.37. The average Bonchev–Trinajstić information content (AvgIpc) is 2.87. The average molecular weight is 281 g/mol. The summed E-state index contributed by atoms with van der Waals surface area (Å²) in [5.74, 6) is -1.31. The van der Waals surface area contributed by atoms with E-state index in [1.54, 1.807) is 16.9 Å². The number of aliphatic carboxylic acids is 1. The third kappa shape index (κ3) is 3.36. The molecule has 1 saturated heterocycles. The van der Waals surface area contributed by atoms with Gasteiger partial charge in [0.1, 0.15) is 5.69 Å². The van der Waals surface area contributed by atoms with Gasteiger partial charge in [-0.1, -0.05) is 0 Å². The van der Waals surface area contributed by atoms with E-state index in [9.17, 15) is 9.59 Å². The molecule has 0 radical (unpaired) electrons. The molecule has 20 heavy (non-hydrogen) atoms. The van der Waals surface area contributed by atoms with E-state index in [2.05, 4.69) is 10.4 Å². The van der Waals surface area contributed by atoms with Crippen LogP contribution in [0.3, 0.4) is 0 Å². The van der Waals surface area contributed by atoms with E-state index in [4.69, 9.17) is 9.84 Å². The number of aryl methyl sites for hydroxylation is 1. The fraction of sp³-hybridized carbons (Fsp3) is 0.615. The summed E-state index contributed by atoms with van der Waals surface area (Å²) < 4.78 is 6.99. The van der Waals surface area contributed by atoms with Crippen LogP contribution in [0.25, 0.3) is 0 Å². The van der Waals surface area contributed by atoms with Crippen LogP contribution in [-0.2, 0) is 16.1 Å². The standard InChI is InChI=1S/C13H19N3O4/c1-2-16-6-4-10(15-16)12(19)14-13(8-11(17)18)5-3-7-20-9-13/h4,6H,2-3,5,7-9H2,1H3,(H,14,19)(H,17,18). The number of aromatic nitrogens is 2. The highest BCUT2D eigenvalue weighted by molar-refractivity contribution is 5.93. The molecule has 1 fully saturated rings. The second-order valence-electron chi connectivity index (χ2n) is 5.02. The molecule has 1 amide bonds. The van der Waals surface area contributed by atoms with Gasteiger partial charge in [-0.25, -0.2) is 0 Å². The zero-order valence-electron chi connectivity index (χ0n) is 11.5. The minimum Gasteiger partial charge on any atom is -0.481 e. The Balaban J connectivity index is 2.10. The van der Waals surface area contributed by atoms with E-state index in [0.717, 1.165) is 6.42 Å². The zero-order valence-corrected chi connectivity index (χ0v) is 11.5. The second-order valence-corrected chi connectivity index (χ2v) is 5.02. The summed E-state index contributed by atoms with van der Waals surface area (Å²) in [5.41, 5.74) is -0.542. The number of hydrogen-bond donors (Lipinski definition) is 2. The first-order chi connectivity index (χ1) is 9.54. The van der Waals surface area contributed by atoms with Crippen molar-refractivity contribution in [1.29, 1.82) is 0 Å². The maximum absolute atomic E-state index is 12.2. The van der Waals surface area contributed by atoms with Gasteiger partial charge in [0, 0.05) is 19.3 Å². The van der Waals surface area contributed by atoms with Crippen LogP contribution in [0.15, 0.2) is 12.3 Å². The number of nitrogens with one attached hydrogen (secondary N) is 1. The topological polar surface area (TPSA) is 93.5 Å². The Labute approximate surface area is 116 Å². The molecule has 110 valence electrons. The lowest BCUT2D eigenvalue weighted by atomic mass is 9.88. The SMILES string of the molecule is CCn1ccc(C(=O)NC2(CC(=O)O)CCCOC2)n1. The number of carboxylic acids is 1. The molecule has 2 rings (SSSR count). The molecule has 1 atom stereocenters. The van der Waals surface area contributed by atoms with E-state index >= 15 is 0 Å². The monoisotopic (exact) mass is 281 g/mol. The molecular formula is C13H19N3O4. The first kappa shape index (κ1) is 14.5. The summed E-state index contributed by atoms with van der Waals surface area (Å²) in [7, 11) is 0. The Morgan fingerprint density at radius 1 is 1.60 bits per heavy atom. The van der Waals surface area contributed by atoms with Gasteiger partial charge in [-0.05, 0) is 25.8 Å². The van der Waals surface area contributed by atoms with Gasteiger partial charge < -0.3 is 15.2 Å². The first-order valence-electron chi connectivity index (χ1n) is 6.70. The number of ether oxygens (including phenoxy) is 1. The van der Waals surface area contributed by atoms with Gasteiger partial charge in [-0.2, -0.15) is 5.10 Å². The van der Waals surface area contributed by atoms with Crippen LogP contribution < -0.4 is 5.32 Å². The van der Waals surface area contributed by atoms with Gasteiger partial charge in [0.05, 0.1) is 18.6 Å². The Morgan fingerprint density at radius 3 is 2.95 bits per heavy atom. The molecule has 0 aliphatic carbocycles. The molecule has 2 N–H and O–H groups in total. The number of carbonyl (C=O) groups excluding carboxylic acids is 1. The maximum Gasteiger partial charge on any atom is 0.305 e. The van der Waals surface area contributed by atoms with Gasteiger partial charge in [0.15, 0.2) is 0 Å². The lowest BCUT2D eigenvalue weighted by Gasteiger charge is -2.36. The highest BCUT2D eigenvalue weighted by Crippen LogP contribution is 2.23. The van der Waals surface area contributed by atoms with Crippen molar-refractivity contribution >= 4 is 11.9 Å². The van der Waals surface area contributed by atoms with Gasteiger partial charge in [0.2, 0.25) is 0 Å². The summed E-state index contributed by atoms with van der Waals surface area (Å²) in [5, 5.41) is 15.9. The predicted molar refractivity (Wildman–Crippen MR) is 70.4 cm³/mol. The highest BCUT2D eigenvalue weighted by atomic mass is 16.5. The van der Waals surface area contributed by atoms with E-state index in [0.29, 0.717) is 25.3 Å². The minimum atomic E-state index is -0.949. The summed E-state index contributed by atoms with van der Waals surface area (Å²) in [4.78, 5) is 23.2. The molecule has 1 aliphatic rings. The Morgan fingerprint density at radius 2 is 2.40 bits per heavy atom. The largest absolute Gasteiger partial charge is 0.481 e. The molecule has 1 aromatic rings. The lowest BCUT2D eigenvalue weighted by Crippen LogP contribution is -2.55. The van der Waals surface area contributed by atoms with Crippen molar-refractivity contribution in [2.75, 3.05) is 13.2 Å². The zero-order chi connectivity index (χ0) is 14.6. The Bertz CT molecular complexity index is 492. The van der Waals surface area contributed by atoms with E-state index in [-0.39, 0.29) is 18.9 Å². The number of carbonyl (C=O) groups is 2. The molecule has 1 unspecified atom stereocenters. The molecule has 0 bridgehead atoms. The second kappa shape index (κ2) is 6.04. The predicted octanol–water partition coefficient (Wildman–Crippen LogP) is 0.657. The number of carboxylic acid groups (broad SMARTS) is 1. The van der Waals surface area contributed by atoms with Crippen LogP contribution in [0.5, 0.6) is 0 Å². The maximum atomic E-state index is 12.2. The van der Waals surface area contributed by atoms with Crippen LogP contribution in [0.2, 0.25) is 0 Å². The normalized spacial score (nSPS) is 22.4. The van der Waals surface area contributed by atoms with Crippen molar-refractivity contribution in [3.05, 3.63) is 18.0 Å². The van der Waals surface area contributed by atoms with E-state index in [1.807, 2.05) is 6.92 Å². The Kier molecular flexibility index (Phi) is 4.39. The third-order valence-corrected chi connectivity index (χ3v) is 3.39. The van der Waals surface area contributed by atoms with Gasteiger partial charge in [-0.3, -0.25) is 14.3 Å². The molecule has 2 heterocycles. The van der Waals surface area contributed by atoms with Crippen molar-refractivity contribution in [2.45, 2.75) is 38.3 Å². The number of hydrogen-bond acceptors (Lipinski definition) is 4. The van der Waals surface area contributed by atoms with E-state index < -0.39 is 11.5 Å². The van der Waals surface area contributed by atoms with Crippen molar-refractivity contribution in [1.82, 2.24) is 15.1 Å². The molecule has 7 heteroatoms. The number of rotatable bonds is 5. The van der Waals surface area contributed by atoms with Gasteiger partial charge >= 0.3 is 5.97 Å². The van der Waals surface area contributed by atoms with Crippen LogP contribution in [0, 0.1) is 0 Å². The smallest absolute Gasteiger partial charge is 0.305 e. The Hall–Kier alpha value is -1.89. The van der Waals surface area contributed by atoms with Crippen molar-refractivity contribution in [3.63, 3.8) is 0 Å². The fourth-order valence-corrected chi connectivity index (χ4v) is 2.39. The van der Waals surface area contributed by atoms with Crippen LogP contribution in [0.1, 0.15) is 36.7 Å². The van der Waals surface area contributed by atoms with Crippen molar-refractivity contribution in [3.8, 4) is 0 Å². The molecule has 0 spiro atoms. The molecule has 0 aromatic carbocycles. The van der Waals surface area contributed by atoms with Crippen LogP contribution >= 0.6 is 0 Å². The van der Waals surface area contributed by atoms with Crippen molar-refractivity contribution < 1.29 is 19.4 Å². The quantitative estimate of drug-likeness (QED) is 0.826. The molecule has 1 aliphatic heterocycles. The molecule has 0 saturated carbocycles. The molecular weight excluding hydrogens is 262 g/mol. The van der Waals surface area contributed by atoms with Crippen molar-refractivity contribution in [2.24, 2.45) is 0 Å².